The molecule has 1 aromatic heterocycles. The average Bonchev–Trinajstić information content (AvgIpc) is 2.52. The van der Waals surface area contributed by atoms with Crippen molar-refractivity contribution in [3.05, 3.63) is 42.1 Å². The molecule has 2 rings (SSSR count). The molecule has 3 nitrogen and oxygen atoms in total. The minimum atomic E-state index is -0.276. The van der Waals surface area contributed by atoms with E-state index in [1.165, 1.54) is 0 Å². The summed E-state index contributed by atoms with van der Waals surface area (Å²) in [5, 5.41) is 5.41. The Balaban J connectivity index is 2.37. The second kappa shape index (κ2) is 6.68. The summed E-state index contributed by atoms with van der Waals surface area (Å²) in [5.41, 5.74) is 1.22. The molecule has 0 fully saturated rings. The summed E-state index contributed by atoms with van der Waals surface area (Å²) in [7, 11) is 0. The second-order valence-electron chi connectivity index (χ2n) is 4.73. The molecule has 1 N–H and O–H groups in total. The maximum Gasteiger partial charge on any atom is 0.252 e. The van der Waals surface area contributed by atoms with Gasteiger partial charge in [-0.3, -0.25) is 9.78 Å². The van der Waals surface area contributed by atoms with Gasteiger partial charge < -0.3 is 5.32 Å². The largest absolute Gasteiger partial charge is 0.345 e. The molecule has 0 radical (unpaired) electrons. The molecule has 5 heteroatoms. The number of pyridine rings is 1. The van der Waals surface area contributed by atoms with Crippen LogP contribution in [0.15, 0.2) is 36.5 Å². The van der Waals surface area contributed by atoms with Crippen molar-refractivity contribution in [1.82, 2.24) is 10.3 Å². The third kappa shape index (κ3) is 3.04. The lowest BCUT2D eigenvalue weighted by molar-refractivity contribution is 0.0917. The molecule has 0 atom stereocenters. The number of para-hydroxylation sites is 1. The Hall–Kier alpha value is -0.940. The number of nitrogens with one attached hydrogen (secondary N) is 1. The molecule has 0 saturated carbocycles. The summed E-state index contributed by atoms with van der Waals surface area (Å²) in [6, 6.07) is 9.44. The van der Waals surface area contributed by atoms with Crippen LogP contribution < -0.4 is 5.32 Å². The van der Waals surface area contributed by atoms with Crippen molar-refractivity contribution in [2.75, 3.05) is 10.7 Å². The number of hydrogen-bond donors (Lipinski definition) is 1. The van der Waals surface area contributed by atoms with Crippen LogP contribution in [0.5, 0.6) is 0 Å². The van der Waals surface area contributed by atoms with Gasteiger partial charge in [0.15, 0.2) is 0 Å². The van der Waals surface area contributed by atoms with Crippen molar-refractivity contribution in [1.29, 1.82) is 0 Å². The highest BCUT2D eigenvalue weighted by molar-refractivity contribution is 9.09. The third-order valence-electron chi connectivity index (χ3n) is 3.46. The van der Waals surface area contributed by atoms with E-state index in [2.05, 4.69) is 49.1 Å². The number of nitrogens with zero attached hydrogens (tertiary/aromatic N) is 1. The quantitative estimate of drug-likeness (QED) is 0.774. The number of hydrogen-bond acceptors (Lipinski definition) is 2. The van der Waals surface area contributed by atoms with Crippen LogP contribution in [0.4, 0.5) is 0 Å². The average molecular weight is 400 g/mol. The van der Waals surface area contributed by atoms with E-state index >= 15 is 0 Å². The van der Waals surface area contributed by atoms with E-state index in [1.54, 1.807) is 12.3 Å². The number of rotatable bonds is 5. The lowest BCUT2D eigenvalue weighted by atomic mass is 10.0. The zero-order chi connectivity index (χ0) is 14.6. The van der Waals surface area contributed by atoms with Crippen molar-refractivity contribution >= 4 is 48.7 Å². The summed E-state index contributed by atoms with van der Waals surface area (Å²) >= 11 is 6.97. The van der Waals surface area contributed by atoms with Crippen LogP contribution >= 0.6 is 31.9 Å². The number of amides is 1. The number of aromatic nitrogens is 1. The fraction of sp³-hybridized carbons (Fsp3) is 0.333. The smallest absolute Gasteiger partial charge is 0.252 e. The van der Waals surface area contributed by atoms with E-state index in [9.17, 15) is 4.79 Å². The molecule has 0 aliphatic rings. The maximum absolute atomic E-state index is 12.6. The van der Waals surface area contributed by atoms with Gasteiger partial charge in [0.05, 0.1) is 16.6 Å². The van der Waals surface area contributed by atoms with Crippen molar-refractivity contribution in [2.45, 2.75) is 18.9 Å². The van der Waals surface area contributed by atoms with E-state index in [4.69, 9.17) is 0 Å². The molecule has 1 heterocycles. The predicted octanol–water partition coefficient (Wildman–Crippen LogP) is 3.90. The highest BCUT2D eigenvalue weighted by Gasteiger charge is 2.28. The van der Waals surface area contributed by atoms with Crippen LogP contribution in [0.1, 0.15) is 23.7 Å². The third-order valence-corrected chi connectivity index (χ3v) is 5.61. The number of alkyl halides is 2. The molecule has 0 bridgehead atoms. The topological polar surface area (TPSA) is 42.0 Å². The molecular weight excluding hydrogens is 384 g/mol. The molecule has 0 unspecified atom stereocenters. The van der Waals surface area contributed by atoms with Crippen LogP contribution in [-0.2, 0) is 0 Å². The molecule has 0 spiro atoms. The normalized spacial score (nSPS) is 11.6. The Bertz CT molecular complexity index is 598. The summed E-state index contributed by atoms with van der Waals surface area (Å²) in [6.45, 7) is 2.06. The first-order chi connectivity index (χ1) is 9.65. The molecule has 1 aromatic carbocycles. The first kappa shape index (κ1) is 15.4. The van der Waals surface area contributed by atoms with E-state index in [0.29, 0.717) is 16.2 Å². The summed E-state index contributed by atoms with van der Waals surface area (Å²) in [6.07, 6.45) is 2.52. The van der Waals surface area contributed by atoms with Gasteiger partial charge >= 0.3 is 0 Å². The van der Waals surface area contributed by atoms with Gasteiger partial charge in [0.1, 0.15) is 0 Å². The predicted molar refractivity (Wildman–Crippen MR) is 89.8 cm³/mol. The summed E-state index contributed by atoms with van der Waals surface area (Å²) < 4.78 is 0. The van der Waals surface area contributed by atoms with Gasteiger partial charge in [-0.1, -0.05) is 57.0 Å². The number of fused-ring (bicyclic) bond motifs is 1. The number of halogens is 2. The Kier molecular flexibility index (Phi) is 5.16. The second-order valence-corrected chi connectivity index (χ2v) is 5.85. The fourth-order valence-corrected chi connectivity index (χ4v) is 3.98. The van der Waals surface area contributed by atoms with Crippen molar-refractivity contribution in [3.8, 4) is 0 Å². The first-order valence-electron chi connectivity index (χ1n) is 6.44. The van der Waals surface area contributed by atoms with E-state index in [0.717, 1.165) is 17.3 Å². The summed E-state index contributed by atoms with van der Waals surface area (Å²) in [4.78, 5) is 16.9. The number of carbonyl (C=O) groups excluding carboxylic acids is 1. The van der Waals surface area contributed by atoms with Gasteiger partial charge in [0.25, 0.3) is 5.91 Å². The van der Waals surface area contributed by atoms with Crippen LogP contribution in [0.3, 0.4) is 0 Å². The lowest BCUT2D eigenvalue weighted by Gasteiger charge is -2.30. The van der Waals surface area contributed by atoms with Crippen molar-refractivity contribution < 1.29 is 4.79 Å². The molecular formula is C15H16Br2N2O. The van der Waals surface area contributed by atoms with Crippen molar-refractivity contribution in [2.24, 2.45) is 0 Å². The maximum atomic E-state index is 12.6. The van der Waals surface area contributed by atoms with Gasteiger partial charge in [-0.25, -0.2) is 0 Å². The standard InChI is InChI=1S/C15H16Br2N2O/c1-2-15(9-16,10-17)19-14(20)12-7-8-18-13-6-4-3-5-11(12)13/h3-8H,2,9-10H2,1H3,(H,19,20). The van der Waals surface area contributed by atoms with Gasteiger partial charge in [0.2, 0.25) is 0 Å². The van der Waals surface area contributed by atoms with Gasteiger partial charge in [-0.2, -0.15) is 0 Å². The number of benzene rings is 1. The van der Waals surface area contributed by atoms with E-state index < -0.39 is 0 Å². The first-order valence-corrected chi connectivity index (χ1v) is 8.68. The Labute approximate surface area is 135 Å². The van der Waals surface area contributed by atoms with Crippen LogP contribution in [0.2, 0.25) is 0 Å². The Morgan fingerprint density at radius 1 is 1.25 bits per heavy atom. The van der Waals surface area contributed by atoms with Gasteiger partial charge in [0, 0.05) is 22.2 Å². The van der Waals surface area contributed by atoms with Crippen molar-refractivity contribution in [3.63, 3.8) is 0 Å². The van der Waals surface area contributed by atoms with Gasteiger partial charge in [-0.15, -0.1) is 0 Å². The van der Waals surface area contributed by atoms with Crippen LogP contribution in [0, 0.1) is 0 Å². The highest BCUT2D eigenvalue weighted by atomic mass is 79.9. The molecule has 0 saturated heterocycles. The lowest BCUT2D eigenvalue weighted by Crippen LogP contribution is -2.51. The Morgan fingerprint density at radius 2 is 1.95 bits per heavy atom. The molecule has 1 amide bonds. The SMILES string of the molecule is CCC(CBr)(CBr)NC(=O)c1ccnc2ccccc12. The molecule has 106 valence electrons. The minimum absolute atomic E-state index is 0.0654. The fourth-order valence-electron chi connectivity index (χ4n) is 1.98. The van der Waals surface area contributed by atoms with Gasteiger partial charge in [-0.05, 0) is 18.6 Å². The molecule has 0 aliphatic carbocycles. The Morgan fingerprint density at radius 3 is 2.60 bits per heavy atom. The minimum Gasteiger partial charge on any atom is -0.345 e. The van der Waals surface area contributed by atoms with Crippen LogP contribution in [-0.4, -0.2) is 27.1 Å². The molecule has 2 aromatic rings. The van der Waals surface area contributed by atoms with E-state index in [-0.39, 0.29) is 11.4 Å². The zero-order valence-electron chi connectivity index (χ0n) is 11.2. The molecule has 20 heavy (non-hydrogen) atoms. The van der Waals surface area contributed by atoms with Crippen LogP contribution in [0.25, 0.3) is 10.9 Å². The summed E-state index contributed by atoms with van der Waals surface area (Å²) in [5.74, 6) is -0.0654. The van der Waals surface area contributed by atoms with E-state index in [1.807, 2.05) is 24.3 Å². The zero-order valence-corrected chi connectivity index (χ0v) is 14.4. The molecule has 0 aliphatic heterocycles. The monoisotopic (exact) mass is 398 g/mol. The highest BCUT2D eigenvalue weighted by Crippen LogP contribution is 2.20. The number of carbonyl (C=O) groups is 1.